The van der Waals surface area contributed by atoms with Gasteiger partial charge in [0.2, 0.25) is 0 Å². The van der Waals surface area contributed by atoms with E-state index in [-0.39, 0.29) is 5.82 Å². The molecule has 5 rings (SSSR count). The first-order valence-electron chi connectivity index (χ1n) is 8.71. The molecule has 6 heteroatoms. The van der Waals surface area contributed by atoms with Gasteiger partial charge in [-0.05, 0) is 60.7 Å². The van der Waals surface area contributed by atoms with Gasteiger partial charge in [-0.25, -0.2) is 14.4 Å². The van der Waals surface area contributed by atoms with E-state index in [1.165, 1.54) is 12.1 Å². The van der Waals surface area contributed by atoms with Crippen LogP contribution in [0.5, 0.6) is 0 Å². The quantitative estimate of drug-likeness (QED) is 0.399. The van der Waals surface area contributed by atoms with Crippen LogP contribution in [0.4, 0.5) is 4.39 Å². The van der Waals surface area contributed by atoms with Crippen LogP contribution >= 0.6 is 11.6 Å². The highest BCUT2D eigenvalue weighted by Gasteiger charge is 2.11. The number of rotatable bonds is 3. The van der Waals surface area contributed by atoms with Crippen molar-refractivity contribution in [1.82, 2.24) is 19.1 Å². The van der Waals surface area contributed by atoms with Gasteiger partial charge in [0.25, 0.3) is 0 Å². The Labute approximate surface area is 165 Å². The highest BCUT2D eigenvalue weighted by molar-refractivity contribution is 6.30. The van der Waals surface area contributed by atoms with E-state index in [2.05, 4.69) is 16.0 Å². The molecule has 136 valence electrons. The van der Waals surface area contributed by atoms with E-state index in [0.29, 0.717) is 5.02 Å². The lowest BCUT2D eigenvalue weighted by Crippen LogP contribution is -1.96. The molecular weight excluding hydrogens is 375 g/mol. The highest BCUT2D eigenvalue weighted by Crippen LogP contribution is 2.28. The van der Waals surface area contributed by atoms with E-state index in [1.807, 2.05) is 51.7 Å². The van der Waals surface area contributed by atoms with Crippen molar-refractivity contribution in [2.45, 2.75) is 0 Å². The van der Waals surface area contributed by atoms with Crippen LogP contribution in [0, 0.1) is 5.82 Å². The monoisotopic (exact) mass is 388 g/mol. The summed E-state index contributed by atoms with van der Waals surface area (Å²) in [6.45, 7) is 0. The number of aromatic nitrogens is 4. The van der Waals surface area contributed by atoms with Crippen LogP contribution in [0.25, 0.3) is 33.7 Å². The maximum atomic E-state index is 13.3. The molecule has 28 heavy (non-hydrogen) atoms. The molecule has 0 aliphatic rings. The first kappa shape index (κ1) is 16.7. The van der Waals surface area contributed by atoms with E-state index in [1.54, 1.807) is 24.8 Å². The number of nitrogens with zero attached hydrogens (tertiary/aromatic N) is 4. The van der Waals surface area contributed by atoms with E-state index in [0.717, 1.165) is 33.7 Å². The van der Waals surface area contributed by atoms with Gasteiger partial charge in [0, 0.05) is 22.0 Å². The molecule has 4 nitrogen and oxygen atoms in total. The fourth-order valence-corrected chi connectivity index (χ4v) is 3.42. The smallest absolute Gasteiger partial charge is 0.123 e. The number of hydrogen-bond acceptors (Lipinski definition) is 2. The van der Waals surface area contributed by atoms with Gasteiger partial charge in [0.15, 0.2) is 0 Å². The Hall–Kier alpha value is -3.44. The Balaban J connectivity index is 1.63. The predicted molar refractivity (Wildman–Crippen MR) is 109 cm³/mol. The molecule has 5 aromatic rings. The van der Waals surface area contributed by atoms with Crippen LogP contribution in [0.2, 0.25) is 5.02 Å². The summed E-state index contributed by atoms with van der Waals surface area (Å²) in [5.41, 5.74) is 5.59. The van der Waals surface area contributed by atoms with Gasteiger partial charge in [0.1, 0.15) is 12.1 Å². The zero-order valence-corrected chi connectivity index (χ0v) is 15.4. The third-order valence-corrected chi connectivity index (χ3v) is 4.94. The average Bonchev–Trinajstić information content (AvgIpc) is 3.36. The van der Waals surface area contributed by atoms with E-state index >= 15 is 0 Å². The topological polar surface area (TPSA) is 35.6 Å². The van der Waals surface area contributed by atoms with E-state index in [9.17, 15) is 4.39 Å². The summed E-state index contributed by atoms with van der Waals surface area (Å²) in [6, 6.07) is 20.0. The van der Waals surface area contributed by atoms with E-state index < -0.39 is 0 Å². The highest BCUT2D eigenvalue weighted by atomic mass is 35.5. The van der Waals surface area contributed by atoms with Gasteiger partial charge in [0.05, 0.1) is 29.3 Å². The van der Waals surface area contributed by atoms with Crippen LogP contribution < -0.4 is 0 Å². The summed E-state index contributed by atoms with van der Waals surface area (Å²) in [6.07, 6.45) is 5.35. The van der Waals surface area contributed by atoms with Crippen molar-refractivity contribution in [3.63, 3.8) is 0 Å². The molecule has 0 aliphatic heterocycles. The molecule has 0 aliphatic carbocycles. The second kappa shape index (κ2) is 6.62. The SMILES string of the molecule is Fc1ccc(-n2cnc3ccc(-c4cncn4-c4ccc(Cl)cc4)cc32)cc1. The van der Waals surface area contributed by atoms with Crippen molar-refractivity contribution in [3.8, 4) is 22.6 Å². The first-order valence-corrected chi connectivity index (χ1v) is 9.08. The van der Waals surface area contributed by atoms with Crippen LogP contribution in [-0.4, -0.2) is 19.1 Å². The van der Waals surface area contributed by atoms with Crippen molar-refractivity contribution in [1.29, 1.82) is 0 Å². The molecule has 0 spiro atoms. The molecule has 0 saturated heterocycles. The Morgan fingerprint density at radius 1 is 0.786 bits per heavy atom. The second-order valence-corrected chi connectivity index (χ2v) is 6.86. The fraction of sp³-hybridized carbons (Fsp3) is 0. The summed E-state index contributed by atoms with van der Waals surface area (Å²) in [7, 11) is 0. The van der Waals surface area contributed by atoms with Crippen molar-refractivity contribution in [2.24, 2.45) is 0 Å². The minimum absolute atomic E-state index is 0.263. The molecule has 0 unspecified atom stereocenters. The van der Waals surface area contributed by atoms with Crippen LogP contribution in [0.15, 0.2) is 85.6 Å². The predicted octanol–water partition coefficient (Wildman–Crippen LogP) is 5.67. The molecule has 0 atom stereocenters. The molecule has 0 radical (unpaired) electrons. The average molecular weight is 389 g/mol. The van der Waals surface area contributed by atoms with Crippen LogP contribution in [0.3, 0.4) is 0 Å². The standard InChI is InChI=1S/C22H14ClFN4/c23-16-2-6-18(7-3-16)27-13-25-12-22(27)15-1-10-20-21(11-15)28(14-26-20)19-8-4-17(24)5-9-19/h1-14H. The van der Waals surface area contributed by atoms with Crippen molar-refractivity contribution in [3.05, 3.63) is 96.4 Å². The molecule has 2 heterocycles. The Bertz CT molecular complexity index is 1270. The van der Waals surface area contributed by atoms with Gasteiger partial charge >= 0.3 is 0 Å². The van der Waals surface area contributed by atoms with Crippen LogP contribution in [-0.2, 0) is 0 Å². The third-order valence-electron chi connectivity index (χ3n) is 4.69. The fourth-order valence-electron chi connectivity index (χ4n) is 3.29. The zero-order chi connectivity index (χ0) is 19.1. The van der Waals surface area contributed by atoms with Gasteiger partial charge in [-0.1, -0.05) is 17.7 Å². The number of imidazole rings is 2. The Morgan fingerprint density at radius 2 is 1.50 bits per heavy atom. The molecule has 0 bridgehead atoms. The minimum atomic E-state index is -0.263. The molecule has 3 aromatic carbocycles. The van der Waals surface area contributed by atoms with Gasteiger partial charge in [-0.3, -0.25) is 9.13 Å². The van der Waals surface area contributed by atoms with Gasteiger partial charge in [-0.15, -0.1) is 0 Å². The molecule has 0 N–H and O–H groups in total. The first-order chi connectivity index (χ1) is 13.7. The Morgan fingerprint density at radius 3 is 2.29 bits per heavy atom. The van der Waals surface area contributed by atoms with Gasteiger partial charge < -0.3 is 0 Å². The van der Waals surface area contributed by atoms with Crippen molar-refractivity contribution in [2.75, 3.05) is 0 Å². The molecule has 0 saturated carbocycles. The molecule has 0 fully saturated rings. The second-order valence-electron chi connectivity index (χ2n) is 6.42. The number of fused-ring (bicyclic) bond motifs is 1. The summed E-state index contributed by atoms with van der Waals surface area (Å²) in [5.74, 6) is -0.263. The van der Waals surface area contributed by atoms with Crippen molar-refractivity contribution >= 4 is 22.6 Å². The largest absolute Gasteiger partial charge is 0.299 e. The summed E-state index contributed by atoms with van der Waals surface area (Å²) >= 11 is 6.01. The summed E-state index contributed by atoms with van der Waals surface area (Å²) in [5, 5.41) is 0.690. The molecule has 0 amide bonds. The van der Waals surface area contributed by atoms with Crippen molar-refractivity contribution < 1.29 is 4.39 Å². The summed E-state index contributed by atoms with van der Waals surface area (Å²) in [4.78, 5) is 8.78. The number of benzene rings is 3. The maximum absolute atomic E-state index is 13.3. The third kappa shape index (κ3) is 2.86. The van der Waals surface area contributed by atoms with E-state index in [4.69, 9.17) is 11.6 Å². The normalized spacial score (nSPS) is 11.2. The lowest BCUT2D eigenvalue weighted by molar-refractivity contribution is 0.627. The maximum Gasteiger partial charge on any atom is 0.123 e. The Kier molecular flexibility index (Phi) is 3.95. The summed E-state index contributed by atoms with van der Waals surface area (Å²) < 4.78 is 17.2. The van der Waals surface area contributed by atoms with Crippen LogP contribution in [0.1, 0.15) is 0 Å². The molecule has 2 aromatic heterocycles. The van der Waals surface area contributed by atoms with Gasteiger partial charge in [-0.2, -0.15) is 0 Å². The zero-order valence-electron chi connectivity index (χ0n) is 14.6. The lowest BCUT2D eigenvalue weighted by Gasteiger charge is -2.10. The molecular formula is C22H14ClFN4. The lowest BCUT2D eigenvalue weighted by atomic mass is 10.1. The number of halogens is 2. The number of hydrogen-bond donors (Lipinski definition) is 0. The minimum Gasteiger partial charge on any atom is -0.299 e.